The van der Waals surface area contributed by atoms with Crippen molar-refractivity contribution in [2.75, 3.05) is 19.5 Å². The molecule has 0 amide bonds. The van der Waals surface area contributed by atoms with Crippen molar-refractivity contribution >= 4 is 25.8 Å². The first-order valence-electron chi connectivity index (χ1n) is 6.53. The van der Waals surface area contributed by atoms with Crippen LogP contribution in [0.1, 0.15) is 31.2 Å². The lowest BCUT2D eigenvalue weighted by atomic mass is 10.1. The van der Waals surface area contributed by atoms with Crippen molar-refractivity contribution < 1.29 is 17.9 Å². The quantitative estimate of drug-likeness (QED) is 0.696. The molecule has 0 fully saturated rings. The average Bonchev–Trinajstić information content (AvgIpc) is 2.38. The Labute approximate surface area is 129 Å². The number of ether oxygens (including phenoxy) is 2. The van der Waals surface area contributed by atoms with Gasteiger partial charge in [-0.25, -0.2) is 8.42 Å². The molecule has 0 radical (unpaired) electrons. The van der Waals surface area contributed by atoms with Gasteiger partial charge in [-0.3, -0.25) is 0 Å². The van der Waals surface area contributed by atoms with Crippen LogP contribution in [0.3, 0.4) is 0 Å². The van der Waals surface area contributed by atoms with Crippen LogP contribution in [0.25, 0.3) is 0 Å². The molecule has 0 heterocycles. The van der Waals surface area contributed by atoms with E-state index in [0.29, 0.717) is 24.7 Å². The van der Waals surface area contributed by atoms with Crippen molar-refractivity contribution in [3.05, 3.63) is 23.8 Å². The van der Waals surface area contributed by atoms with Crippen LogP contribution in [-0.4, -0.2) is 33.1 Å². The standard InChI is InChI=1S/C14H21BrO4S/c1-5-18-12-8-7-11(9-13(12)19-6-2)14(15)10(3)20(4,16)17/h7-10,14H,5-6H2,1-4H3. The highest BCUT2D eigenvalue weighted by atomic mass is 79.9. The third-order valence-electron chi connectivity index (χ3n) is 2.97. The van der Waals surface area contributed by atoms with Gasteiger partial charge in [-0.2, -0.15) is 0 Å². The predicted molar refractivity (Wildman–Crippen MR) is 84.8 cm³/mol. The molecule has 2 atom stereocenters. The summed E-state index contributed by atoms with van der Waals surface area (Å²) in [7, 11) is -3.11. The Morgan fingerprint density at radius 3 is 2.20 bits per heavy atom. The minimum Gasteiger partial charge on any atom is -0.490 e. The summed E-state index contributed by atoms with van der Waals surface area (Å²) in [5, 5.41) is -0.519. The van der Waals surface area contributed by atoms with E-state index in [1.807, 2.05) is 32.0 Å². The van der Waals surface area contributed by atoms with Crippen molar-refractivity contribution in [3.8, 4) is 11.5 Å². The van der Waals surface area contributed by atoms with E-state index in [9.17, 15) is 8.42 Å². The minimum absolute atomic E-state index is 0.285. The zero-order chi connectivity index (χ0) is 15.3. The maximum absolute atomic E-state index is 11.6. The van der Waals surface area contributed by atoms with Crippen LogP contribution < -0.4 is 9.47 Å². The summed E-state index contributed by atoms with van der Waals surface area (Å²) in [6.45, 7) is 6.57. The number of benzene rings is 1. The summed E-state index contributed by atoms with van der Waals surface area (Å²) in [5.74, 6) is 1.31. The number of hydrogen-bond acceptors (Lipinski definition) is 4. The molecule has 0 N–H and O–H groups in total. The van der Waals surface area contributed by atoms with Crippen LogP contribution in [-0.2, 0) is 9.84 Å². The molecule has 0 saturated carbocycles. The second-order valence-corrected chi connectivity index (χ2v) is 7.90. The number of sulfone groups is 1. The van der Waals surface area contributed by atoms with E-state index < -0.39 is 15.1 Å². The topological polar surface area (TPSA) is 52.6 Å². The highest BCUT2D eigenvalue weighted by Gasteiger charge is 2.25. The van der Waals surface area contributed by atoms with Gasteiger partial charge < -0.3 is 9.47 Å². The largest absolute Gasteiger partial charge is 0.490 e. The van der Waals surface area contributed by atoms with Gasteiger partial charge in [0.1, 0.15) is 0 Å². The van der Waals surface area contributed by atoms with Gasteiger partial charge in [-0.15, -0.1) is 0 Å². The van der Waals surface area contributed by atoms with E-state index in [2.05, 4.69) is 15.9 Å². The Morgan fingerprint density at radius 2 is 1.70 bits per heavy atom. The van der Waals surface area contributed by atoms with E-state index in [4.69, 9.17) is 9.47 Å². The predicted octanol–water partition coefficient (Wildman–Crippen LogP) is 3.35. The van der Waals surface area contributed by atoms with Crippen LogP contribution in [0.5, 0.6) is 11.5 Å². The molecule has 0 saturated heterocycles. The first-order chi connectivity index (χ1) is 9.31. The molecule has 20 heavy (non-hydrogen) atoms. The molecule has 6 heteroatoms. The monoisotopic (exact) mass is 364 g/mol. The summed E-state index contributed by atoms with van der Waals surface area (Å²) in [4.78, 5) is -0.285. The molecule has 1 aromatic carbocycles. The summed E-state index contributed by atoms with van der Waals surface area (Å²) in [6.07, 6.45) is 1.24. The molecule has 0 aliphatic carbocycles. The maximum Gasteiger partial charge on any atom is 0.161 e. The van der Waals surface area contributed by atoms with Crippen molar-refractivity contribution in [3.63, 3.8) is 0 Å². The fourth-order valence-electron chi connectivity index (χ4n) is 1.73. The van der Waals surface area contributed by atoms with Crippen molar-refractivity contribution in [2.45, 2.75) is 30.8 Å². The Morgan fingerprint density at radius 1 is 1.15 bits per heavy atom. The van der Waals surface area contributed by atoms with E-state index in [1.54, 1.807) is 6.92 Å². The van der Waals surface area contributed by atoms with E-state index in [1.165, 1.54) is 6.26 Å². The smallest absolute Gasteiger partial charge is 0.161 e. The Bertz CT molecular complexity index is 542. The van der Waals surface area contributed by atoms with Crippen molar-refractivity contribution in [2.24, 2.45) is 0 Å². The fraction of sp³-hybridized carbons (Fsp3) is 0.571. The molecule has 0 spiro atoms. The Kier molecular flexibility index (Phi) is 6.33. The number of alkyl halides is 1. The van der Waals surface area contributed by atoms with Crippen LogP contribution >= 0.6 is 15.9 Å². The molecule has 114 valence electrons. The lowest BCUT2D eigenvalue weighted by molar-refractivity contribution is 0.287. The molecule has 0 aliphatic rings. The van der Waals surface area contributed by atoms with Gasteiger partial charge in [0.15, 0.2) is 21.3 Å². The summed E-state index contributed by atoms with van der Waals surface area (Å²) >= 11 is 3.46. The zero-order valence-electron chi connectivity index (χ0n) is 12.2. The second-order valence-electron chi connectivity index (χ2n) is 4.51. The summed E-state index contributed by atoms with van der Waals surface area (Å²) < 4.78 is 34.3. The number of rotatable bonds is 7. The molecular weight excluding hydrogens is 344 g/mol. The van der Waals surface area contributed by atoms with Crippen molar-refractivity contribution in [1.29, 1.82) is 0 Å². The molecule has 2 unspecified atom stereocenters. The van der Waals surface area contributed by atoms with E-state index in [0.717, 1.165) is 5.56 Å². The second kappa shape index (κ2) is 7.31. The molecule has 0 aromatic heterocycles. The summed E-state index contributed by atoms with van der Waals surface area (Å²) in [5.41, 5.74) is 0.856. The van der Waals surface area contributed by atoms with E-state index in [-0.39, 0.29) is 4.83 Å². The summed E-state index contributed by atoms with van der Waals surface area (Å²) in [6, 6.07) is 5.50. The molecule has 4 nitrogen and oxygen atoms in total. The van der Waals surface area contributed by atoms with Gasteiger partial charge >= 0.3 is 0 Å². The first-order valence-corrected chi connectivity index (χ1v) is 9.40. The van der Waals surface area contributed by atoms with Crippen LogP contribution in [0.15, 0.2) is 18.2 Å². The van der Waals surface area contributed by atoms with Gasteiger partial charge in [-0.05, 0) is 38.5 Å². The molecular formula is C14H21BrO4S. The lowest BCUT2D eigenvalue weighted by Gasteiger charge is -2.19. The highest BCUT2D eigenvalue weighted by molar-refractivity contribution is 9.09. The Hall–Kier alpha value is -0.750. The molecule has 1 aromatic rings. The third-order valence-corrected chi connectivity index (χ3v) is 6.27. The van der Waals surface area contributed by atoms with Gasteiger partial charge in [0.05, 0.1) is 23.3 Å². The molecule has 0 bridgehead atoms. The van der Waals surface area contributed by atoms with Gasteiger partial charge in [0, 0.05) is 6.26 Å². The lowest BCUT2D eigenvalue weighted by Crippen LogP contribution is -2.20. The first kappa shape index (κ1) is 17.3. The maximum atomic E-state index is 11.6. The van der Waals surface area contributed by atoms with Crippen molar-refractivity contribution in [1.82, 2.24) is 0 Å². The normalized spacial score (nSPS) is 14.7. The van der Waals surface area contributed by atoms with Crippen LogP contribution in [0, 0.1) is 0 Å². The zero-order valence-corrected chi connectivity index (χ0v) is 14.6. The molecule has 1 rings (SSSR count). The highest BCUT2D eigenvalue weighted by Crippen LogP contribution is 2.36. The number of hydrogen-bond donors (Lipinski definition) is 0. The SMILES string of the molecule is CCOc1ccc(C(Br)C(C)S(C)(=O)=O)cc1OCC. The third kappa shape index (κ3) is 4.38. The van der Waals surface area contributed by atoms with Crippen LogP contribution in [0.2, 0.25) is 0 Å². The fourth-order valence-corrected chi connectivity index (χ4v) is 3.78. The van der Waals surface area contributed by atoms with Gasteiger partial charge in [0.25, 0.3) is 0 Å². The van der Waals surface area contributed by atoms with Crippen LogP contribution in [0.4, 0.5) is 0 Å². The van der Waals surface area contributed by atoms with E-state index >= 15 is 0 Å². The Balaban J connectivity index is 3.10. The minimum atomic E-state index is -3.11. The average molecular weight is 365 g/mol. The van der Waals surface area contributed by atoms with Gasteiger partial charge in [-0.1, -0.05) is 22.0 Å². The number of halogens is 1. The van der Waals surface area contributed by atoms with Gasteiger partial charge in [0.2, 0.25) is 0 Å². The molecule has 0 aliphatic heterocycles.